The summed E-state index contributed by atoms with van der Waals surface area (Å²) in [6.07, 6.45) is 7.62. The Morgan fingerprint density at radius 2 is 0.550 bits per heavy atom. The molecule has 0 fully saturated rings. The molecular formula is C20H16. The van der Waals surface area contributed by atoms with Crippen LogP contribution in [0.5, 0.6) is 0 Å². The molecule has 0 nitrogen and oxygen atoms in total. The van der Waals surface area contributed by atoms with Crippen molar-refractivity contribution in [3.05, 3.63) is 0 Å². The van der Waals surface area contributed by atoms with Gasteiger partial charge in [0.1, 0.15) is 0 Å². The lowest BCUT2D eigenvalue weighted by atomic mass is 10.2. The molecule has 0 aliphatic heterocycles. The molecule has 0 bridgehead atoms. The van der Waals surface area contributed by atoms with Crippen LogP contribution in [-0.2, 0) is 0 Å². The minimum Gasteiger partial charge on any atom is -0.0891 e. The smallest absolute Gasteiger partial charge is 0.00992 e. The minimum absolute atomic E-state index is 0.862. The van der Waals surface area contributed by atoms with Crippen LogP contribution in [0.3, 0.4) is 0 Å². The second kappa shape index (κ2) is 12.8. The first kappa shape index (κ1) is 15.4. The van der Waals surface area contributed by atoms with Crippen LogP contribution in [0.25, 0.3) is 0 Å². The molecule has 0 atom stereocenters. The van der Waals surface area contributed by atoms with E-state index in [4.69, 9.17) is 0 Å². The molecule has 0 unspecified atom stereocenters. The van der Waals surface area contributed by atoms with E-state index in [0.717, 1.165) is 51.4 Å². The van der Waals surface area contributed by atoms with E-state index in [0.29, 0.717) is 0 Å². The largest absolute Gasteiger partial charge is 0.0891 e. The lowest BCUT2D eigenvalue weighted by Gasteiger charge is -1.87. The van der Waals surface area contributed by atoms with Gasteiger partial charge < -0.3 is 0 Å². The Labute approximate surface area is 123 Å². The number of rotatable bonds is 0. The Morgan fingerprint density at radius 1 is 0.300 bits per heavy atom. The molecule has 0 heteroatoms. The van der Waals surface area contributed by atoms with Gasteiger partial charge in [-0.2, -0.15) is 0 Å². The molecule has 96 valence electrons. The molecule has 1 aliphatic carbocycles. The standard InChI is InChI=1S/C20H16/c1-2-4-6-8-10-12-14-16-18-20-19-17-15-13-11-9-7-5-3-1/h1-4,17-20H2. The number of hydrogen-bond acceptors (Lipinski definition) is 0. The molecule has 20 heavy (non-hydrogen) atoms. The van der Waals surface area contributed by atoms with Crippen LogP contribution in [-0.4, -0.2) is 0 Å². The Balaban J connectivity index is 2.50. The van der Waals surface area contributed by atoms with E-state index in [2.05, 4.69) is 71.0 Å². The third kappa shape index (κ3) is 10.5. The van der Waals surface area contributed by atoms with Gasteiger partial charge in [0.2, 0.25) is 0 Å². The fraction of sp³-hybridized carbons (Fsp3) is 0.400. The van der Waals surface area contributed by atoms with Crippen molar-refractivity contribution in [1.82, 2.24) is 0 Å². The lowest BCUT2D eigenvalue weighted by Crippen LogP contribution is -1.73. The highest BCUT2D eigenvalue weighted by molar-refractivity contribution is 5.36. The molecule has 0 spiro atoms. The quantitative estimate of drug-likeness (QED) is 0.584. The van der Waals surface area contributed by atoms with Gasteiger partial charge in [0.25, 0.3) is 0 Å². The first-order valence-corrected chi connectivity index (χ1v) is 6.91. The summed E-state index contributed by atoms with van der Waals surface area (Å²) in [7, 11) is 0. The van der Waals surface area contributed by atoms with E-state index >= 15 is 0 Å². The van der Waals surface area contributed by atoms with Crippen molar-refractivity contribution in [3.63, 3.8) is 0 Å². The molecule has 1 rings (SSSR count). The molecule has 0 saturated heterocycles. The monoisotopic (exact) mass is 256 g/mol. The van der Waals surface area contributed by atoms with Gasteiger partial charge in [-0.3, -0.25) is 0 Å². The first-order valence-electron chi connectivity index (χ1n) is 6.91. The zero-order valence-corrected chi connectivity index (χ0v) is 11.7. The second-order valence-corrected chi connectivity index (χ2v) is 4.12. The molecule has 0 amide bonds. The number of hydrogen-bond donors (Lipinski definition) is 0. The van der Waals surface area contributed by atoms with Gasteiger partial charge >= 0.3 is 0 Å². The predicted octanol–water partition coefficient (Wildman–Crippen LogP) is 3.14. The van der Waals surface area contributed by atoms with E-state index in [1.165, 1.54) is 0 Å². The summed E-state index contributed by atoms with van der Waals surface area (Å²) >= 11 is 0. The third-order valence-electron chi connectivity index (χ3n) is 2.44. The molecule has 0 aromatic heterocycles. The summed E-state index contributed by atoms with van der Waals surface area (Å²) in [5.41, 5.74) is 0. The van der Waals surface area contributed by atoms with E-state index in [1.807, 2.05) is 0 Å². The maximum Gasteiger partial charge on any atom is 0.00992 e. The fourth-order valence-electron chi connectivity index (χ4n) is 1.41. The highest BCUT2D eigenvalue weighted by Gasteiger charge is 1.83. The van der Waals surface area contributed by atoms with Gasteiger partial charge in [-0.25, -0.2) is 0 Å². The first-order chi connectivity index (χ1) is 10.0. The average Bonchev–Trinajstić information content (AvgIpc) is 2.46. The average molecular weight is 256 g/mol. The Bertz CT molecular complexity index is 535. The van der Waals surface area contributed by atoms with Crippen molar-refractivity contribution < 1.29 is 0 Å². The third-order valence-corrected chi connectivity index (χ3v) is 2.44. The molecule has 0 saturated carbocycles. The van der Waals surface area contributed by atoms with E-state index < -0.39 is 0 Å². The second-order valence-electron chi connectivity index (χ2n) is 4.12. The van der Waals surface area contributed by atoms with Gasteiger partial charge in [-0.05, 0) is 73.0 Å². The molecule has 1 aliphatic rings. The van der Waals surface area contributed by atoms with Crippen molar-refractivity contribution in [2.45, 2.75) is 51.4 Å². The van der Waals surface area contributed by atoms with Gasteiger partial charge in [0, 0.05) is 25.7 Å². The van der Waals surface area contributed by atoms with Crippen LogP contribution in [0.4, 0.5) is 0 Å². The maximum absolute atomic E-state index is 3.02. The molecule has 0 N–H and O–H groups in total. The Morgan fingerprint density at radius 3 is 0.800 bits per heavy atom. The maximum atomic E-state index is 3.02. The summed E-state index contributed by atoms with van der Waals surface area (Å²) < 4.78 is 0. The summed E-state index contributed by atoms with van der Waals surface area (Å²) in [5.74, 6) is 34.4. The Kier molecular flexibility index (Phi) is 9.87. The van der Waals surface area contributed by atoms with Crippen molar-refractivity contribution in [2.75, 3.05) is 0 Å². The zero-order chi connectivity index (χ0) is 14.1. The van der Waals surface area contributed by atoms with Gasteiger partial charge in [0.15, 0.2) is 0 Å². The SMILES string of the molecule is C1#CC#CCCCCC#CC#CC#CCCCCC#C1. The lowest BCUT2D eigenvalue weighted by molar-refractivity contribution is 0.782. The molecule has 0 radical (unpaired) electrons. The summed E-state index contributed by atoms with van der Waals surface area (Å²) in [6, 6.07) is 0. The zero-order valence-electron chi connectivity index (χ0n) is 11.7. The highest BCUT2D eigenvalue weighted by Crippen LogP contribution is 1.97. The van der Waals surface area contributed by atoms with Crippen LogP contribution in [0, 0.1) is 71.0 Å². The summed E-state index contributed by atoms with van der Waals surface area (Å²) in [6.45, 7) is 0. The van der Waals surface area contributed by atoms with Crippen molar-refractivity contribution >= 4 is 0 Å². The van der Waals surface area contributed by atoms with Crippen LogP contribution in [0.2, 0.25) is 0 Å². The topological polar surface area (TPSA) is 0 Å². The van der Waals surface area contributed by atoms with Crippen LogP contribution in [0.1, 0.15) is 51.4 Å². The minimum atomic E-state index is 0.862. The van der Waals surface area contributed by atoms with E-state index in [-0.39, 0.29) is 0 Å². The van der Waals surface area contributed by atoms with E-state index in [9.17, 15) is 0 Å². The van der Waals surface area contributed by atoms with Gasteiger partial charge in [0.05, 0.1) is 0 Å². The van der Waals surface area contributed by atoms with E-state index in [1.54, 1.807) is 0 Å². The Hall–Kier alpha value is -2.64. The van der Waals surface area contributed by atoms with Gasteiger partial charge in [-0.1, -0.05) is 23.7 Å². The van der Waals surface area contributed by atoms with Crippen LogP contribution >= 0.6 is 0 Å². The van der Waals surface area contributed by atoms with Crippen molar-refractivity contribution in [2.24, 2.45) is 0 Å². The fourth-order valence-corrected chi connectivity index (χ4v) is 1.41. The highest BCUT2D eigenvalue weighted by atomic mass is 13.9. The van der Waals surface area contributed by atoms with Crippen molar-refractivity contribution in [1.29, 1.82) is 0 Å². The normalized spacial score (nSPS) is 14.4. The molecule has 0 aromatic rings. The predicted molar refractivity (Wildman–Crippen MR) is 83.6 cm³/mol. The molecule has 0 aromatic carbocycles. The van der Waals surface area contributed by atoms with Crippen LogP contribution in [0.15, 0.2) is 0 Å². The molecular weight excluding hydrogens is 240 g/mol. The summed E-state index contributed by atoms with van der Waals surface area (Å²) in [4.78, 5) is 0. The summed E-state index contributed by atoms with van der Waals surface area (Å²) in [5, 5.41) is 0. The van der Waals surface area contributed by atoms with Crippen LogP contribution < -0.4 is 0 Å². The van der Waals surface area contributed by atoms with Crippen molar-refractivity contribution in [3.8, 4) is 71.0 Å². The molecule has 0 heterocycles. The van der Waals surface area contributed by atoms with Gasteiger partial charge in [-0.15, -0.1) is 0 Å².